The number of alkyl halides is 1. The van der Waals surface area contributed by atoms with E-state index in [1.54, 1.807) is 12.1 Å². The average molecular weight is 461 g/mol. The Bertz CT molecular complexity index is 658. The number of benzene rings is 1. The smallest absolute Gasteiger partial charge is 0.207 e. The standard InChI is InChI=1S/C19H28INO2S/c1-3-4-8-18-19(20)16-7-5-6-9-17(16)21(18)24(22,23)15-12-10-14(2)11-13-15/h10-13,16-19H,3-9H2,1-2H3/t16-,17+,18+,19+/m0/s1. The number of aryl methyl sites for hydroxylation is 1. The van der Waals surface area contributed by atoms with Crippen molar-refractivity contribution in [3.05, 3.63) is 29.8 Å². The molecule has 24 heavy (non-hydrogen) atoms. The van der Waals surface area contributed by atoms with Crippen molar-refractivity contribution in [2.45, 2.75) is 79.7 Å². The number of halogens is 1. The fourth-order valence-electron chi connectivity index (χ4n) is 4.39. The summed E-state index contributed by atoms with van der Waals surface area (Å²) < 4.78 is 29.3. The molecule has 0 amide bonds. The van der Waals surface area contributed by atoms with Crippen LogP contribution in [0.4, 0.5) is 0 Å². The first-order valence-corrected chi connectivity index (χ1v) is 11.9. The monoisotopic (exact) mass is 461 g/mol. The summed E-state index contributed by atoms with van der Waals surface area (Å²) in [6.07, 6.45) is 7.82. The topological polar surface area (TPSA) is 37.4 Å². The van der Waals surface area contributed by atoms with Gasteiger partial charge in [0.1, 0.15) is 0 Å². The maximum atomic E-state index is 13.4. The van der Waals surface area contributed by atoms with Crippen LogP contribution in [-0.4, -0.2) is 28.7 Å². The van der Waals surface area contributed by atoms with Crippen LogP contribution in [0.1, 0.15) is 57.4 Å². The number of sulfonamides is 1. The largest absolute Gasteiger partial charge is 0.243 e. The molecule has 0 radical (unpaired) electrons. The van der Waals surface area contributed by atoms with Crippen molar-refractivity contribution in [1.82, 2.24) is 4.31 Å². The van der Waals surface area contributed by atoms with Crippen LogP contribution in [0.25, 0.3) is 0 Å². The molecular weight excluding hydrogens is 433 g/mol. The minimum Gasteiger partial charge on any atom is -0.207 e. The van der Waals surface area contributed by atoms with Crippen LogP contribution in [0.15, 0.2) is 29.2 Å². The molecule has 1 aliphatic carbocycles. The fraction of sp³-hybridized carbons (Fsp3) is 0.684. The highest BCUT2D eigenvalue weighted by atomic mass is 127. The molecule has 1 saturated heterocycles. The van der Waals surface area contributed by atoms with Gasteiger partial charge in [0.2, 0.25) is 10.0 Å². The Kier molecular flexibility index (Phi) is 5.92. The fourth-order valence-corrected chi connectivity index (χ4v) is 8.09. The third-order valence-corrected chi connectivity index (χ3v) is 9.38. The molecule has 0 aromatic heterocycles. The molecular formula is C19H28INO2S. The molecule has 134 valence electrons. The van der Waals surface area contributed by atoms with Crippen LogP contribution >= 0.6 is 22.6 Å². The molecule has 3 rings (SSSR count). The van der Waals surface area contributed by atoms with E-state index in [2.05, 4.69) is 29.5 Å². The molecule has 1 heterocycles. The van der Waals surface area contributed by atoms with Gasteiger partial charge in [-0.3, -0.25) is 0 Å². The van der Waals surface area contributed by atoms with Crippen LogP contribution in [0, 0.1) is 12.8 Å². The van der Waals surface area contributed by atoms with E-state index in [9.17, 15) is 8.42 Å². The van der Waals surface area contributed by atoms with E-state index in [4.69, 9.17) is 0 Å². The highest BCUT2D eigenvalue weighted by Crippen LogP contribution is 2.47. The normalized spacial score (nSPS) is 31.1. The Labute approximate surface area is 160 Å². The van der Waals surface area contributed by atoms with E-state index in [-0.39, 0.29) is 12.1 Å². The zero-order chi connectivity index (χ0) is 17.3. The van der Waals surface area contributed by atoms with Gasteiger partial charge in [-0.25, -0.2) is 8.42 Å². The van der Waals surface area contributed by atoms with Crippen molar-refractivity contribution in [3.63, 3.8) is 0 Å². The summed E-state index contributed by atoms with van der Waals surface area (Å²) >= 11 is 2.54. The lowest BCUT2D eigenvalue weighted by Crippen LogP contribution is -2.43. The average Bonchev–Trinajstić information content (AvgIpc) is 2.86. The number of hydrogen-bond donors (Lipinski definition) is 0. The number of rotatable bonds is 5. The SMILES string of the molecule is CCCC[C@@H]1[C@H](I)[C@H]2CCCC[C@H]2N1S(=O)(=O)c1ccc(C)cc1. The Morgan fingerprint density at radius 3 is 2.50 bits per heavy atom. The molecule has 3 nitrogen and oxygen atoms in total. The van der Waals surface area contributed by atoms with Crippen LogP contribution in [0.2, 0.25) is 0 Å². The zero-order valence-corrected chi connectivity index (χ0v) is 17.6. The number of unbranched alkanes of at least 4 members (excludes halogenated alkanes) is 1. The molecule has 0 unspecified atom stereocenters. The van der Waals surface area contributed by atoms with Gasteiger partial charge in [0.05, 0.1) is 4.90 Å². The van der Waals surface area contributed by atoms with Crippen molar-refractivity contribution in [2.75, 3.05) is 0 Å². The Morgan fingerprint density at radius 2 is 1.83 bits per heavy atom. The van der Waals surface area contributed by atoms with Crippen LogP contribution in [0.5, 0.6) is 0 Å². The van der Waals surface area contributed by atoms with E-state index in [0.29, 0.717) is 14.7 Å². The zero-order valence-electron chi connectivity index (χ0n) is 14.6. The summed E-state index contributed by atoms with van der Waals surface area (Å²) in [5.41, 5.74) is 1.10. The highest BCUT2D eigenvalue weighted by molar-refractivity contribution is 14.1. The van der Waals surface area contributed by atoms with Crippen molar-refractivity contribution in [1.29, 1.82) is 0 Å². The number of nitrogens with zero attached hydrogens (tertiary/aromatic N) is 1. The number of hydrogen-bond acceptors (Lipinski definition) is 2. The van der Waals surface area contributed by atoms with E-state index >= 15 is 0 Å². The van der Waals surface area contributed by atoms with E-state index < -0.39 is 10.0 Å². The molecule has 1 aliphatic heterocycles. The minimum atomic E-state index is -3.41. The predicted molar refractivity (Wildman–Crippen MR) is 107 cm³/mol. The number of fused-ring (bicyclic) bond motifs is 1. The second kappa shape index (κ2) is 7.62. The first-order valence-electron chi connectivity index (χ1n) is 9.21. The van der Waals surface area contributed by atoms with E-state index in [0.717, 1.165) is 37.7 Å². The van der Waals surface area contributed by atoms with Crippen LogP contribution in [0.3, 0.4) is 0 Å². The summed E-state index contributed by atoms with van der Waals surface area (Å²) in [6.45, 7) is 4.18. The van der Waals surface area contributed by atoms with Crippen LogP contribution in [-0.2, 0) is 10.0 Å². The Morgan fingerprint density at radius 1 is 1.17 bits per heavy atom. The first-order chi connectivity index (χ1) is 11.5. The molecule has 0 bridgehead atoms. The second-order valence-corrected chi connectivity index (χ2v) is 10.6. The summed E-state index contributed by atoms with van der Waals surface area (Å²) in [4.78, 5) is 0.462. The van der Waals surface area contributed by atoms with Gasteiger partial charge in [0.15, 0.2) is 0 Å². The van der Waals surface area contributed by atoms with Gasteiger partial charge in [0, 0.05) is 16.0 Å². The first kappa shape index (κ1) is 18.6. The van der Waals surface area contributed by atoms with Gasteiger partial charge >= 0.3 is 0 Å². The minimum absolute atomic E-state index is 0.157. The van der Waals surface area contributed by atoms with Gasteiger partial charge in [-0.05, 0) is 44.2 Å². The molecule has 5 heteroatoms. The summed E-state index contributed by atoms with van der Waals surface area (Å²) in [5, 5.41) is 0. The van der Waals surface area contributed by atoms with Crippen molar-refractivity contribution in [2.24, 2.45) is 5.92 Å². The Balaban J connectivity index is 1.98. The maximum absolute atomic E-state index is 13.4. The molecule has 1 aromatic carbocycles. The lowest BCUT2D eigenvalue weighted by molar-refractivity contribution is 0.240. The highest BCUT2D eigenvalue weighted by Gasteiger charge is 2.52. The van der Waals surface area contributed by atoms with Crippen molar-refractivity contribution < 1.29 is 8.42 Å². The van der Waals surface area contributed by atoms with Gasteiger partial charge in [-0.15, -0.1) is 0 Å². The molecule has 1 saturated carbocycles. The van der Waals surface area contributed by atoms with E-state index in [1.807, 2.05) is 23.4 Å². The maximum Gasteiger partial charge on any atom is 0.243 e. The molecule has 0 N–H and O–H groups in total. The lowest BCUT2D eigenvalue weighted by Gasteiger charge is -2.33. The molecule has 2 aliphatic rings. The molecule has 1 aromatic rings. The quantitative estimate of drug-likeness (QED) is 0.461. The van der Waals surface area contributed by atoms with Crippen LogP contribution < -0.4 is 0 Å². The second-order valence-electron chi connectivity index (χ2n) is 7.32. The molecule has 4 atom stereocenters. The molecule has 2 fully saturated rings. The molecule has 0 spiro atoms. The summed E-state index contributed by atoms with van der Waals surface area (Å²) in [6, 6.07) is 7.73. The van der Waals surface area contributed by atoms with Crippen molar-refractivity contribution >= 4 is 32.6 Å². The predicted octanol–water partition coefficient (Wildman–Crippen LogP) is 4.92. The summed E-state index contributed by atoms with van der Waals surface area (Å²) in [5.74, 6) is 0.529. The third-order valence-electron chi connectivity index (χ3n) is 5.66. The van der Waals surface area contributed by atoms with Gasteiger partial charge in [-0.1, -0.05) is 72.9 Å². The summed E-state index contributed by atoms with van der Waals surface area (Å²) in [7, 11) is -3.41. The lowest BCUT2D eigenvalue weighted by atomic mass is 9.84. The van der Waals surface area contributed by atoms with Gasteiger partial charge in [0.25, 0.3) is 0 Å². The van der Waals surface area contributed by atoms with Crippen molar-refractivity contribution in [3.8, 4) is 0 Å². The van der Waals surface area contributed by atoms with Gasteiger partial charge < -0.3 is 0 Å². The van der Waals surface area contributed by atoms with Gasteiger partial charge in [-0.2, -0.15) is 4.31 Å². The third kappa shape index (κ3) is 3.40. The Hall–Kier alpha value is -0.140. The van der Waals surface area contributed by atoms with E-state index in [1.165, 1.54) is 12.8 Å².